The van der Waals surface area contributed by atoms with Gasteiger partial charge in [-0.05, 0) is 42.5 Å². The molecular weight excluding hydrogens is 465 g/mol. The van der Waals surface area contributed by atoms with Gasteiger partial charge in [-0.25, -0.2) is 4.90 Å². The molecule has 1 aliphatic rings. The van der Waals surface area contributed by atoms with Gasteiger partial charge in [-0.2, -0.15) is 0 Å². The number of carbonyl (C=O) groups is 3. The third-order valence-electron chi connectivity index (χ3n) is 4.87. The quantitative estimate of drug-likeness (QED) is 0.481. The summed E-state index contributed by atoms with van der Waals surface area (Å²) in [5, 5.41) is 5.74. The van der Waals surface area contributed by atoms with E-state index in [2.05, 4.69) is 10.6 Å². The first-order valence-corrected chi connectivity index (χ1v) is 10.5. The molecule has 0 unspecified atom stereocenters. The minimum absolute atomic E-state index is 0.101. The highest BCUT2D eigenvalue weighted by Crippen LogP contribution is 2.35. The number of nitrogens with zero attached hydrogens (tertiary/aromatic N) is 1. The van der Waals surface area contributed by atoms with E-state index in [1.54, 1.807) is 66.7 Å². The fourth-order valence-electron chi connectivity index (χ4n) is 3.28. The van der Waals surface area contributed by atoms with Crippen molar-refractivity contribution in [3.63, 3.8) is 0 Å². The average Bonchev–Trinajstić information content (AvgIpc) is 3.03. The van der Waals surface area contributed by atoms with E-state index < -0.39 is 17.7 Å². The van der Waals surface area contributed by atoms with Gasteiger partial charge in [0.1, 0.15) is 16.5 Å². The number of hydrogen-bond acceptors (Lipinski definition) is 5. The van der Waals surface area contributed by atoms with Crippen molar-refractivity contribution in [2.45, 2.75) is 0 Å². The average molecular weight is 482 g/mol. The summed E-state index contributed by atoms with van der Waals surface area (Å²) >= 11 is 12.3. The van der Waals surface area contributed by atoms with Gasteiger partial charge in [0.25, 0.3) is 17.7 Å². The number of hydrogen-bond donors (Lipinski definition) is 2. The van der Waals surface area contributed by atoms with E-state index in [9.17, 15) is 14.4 Å². The molecule has 4 rings (SSSR count). The summed E-state index contributed by atoms with van der Waals surface area (Å²) in [7, 11) is 1.44. The maximum absolute atomic E-state index is 13.0. The van der Waals surface area contributed by atoms with Crippen molar-refractivity contribution in [1.29, 1.82) is 0 Å². The van der Waals surface area contributed by atoms with Crippen LogP contribution in [0.2, 0.25) is 5.02 Å². The Balaban J connectivity index is 1.57. The van der Waals surface area contributed by atoms with Crippen molar-refractivity contribution in [3.8, 4) is 5.75 Å². The summed E-state index contributed by atoms with van der Waals surface area (Å²) in [6.07, 6.45) is 0. The number of ether oxygens (including phenoxy) is 1. The van der Waals surface area contributed by atoms with Crippen LogP contribution in [0.3, 0.4) is 0 Å². The number of nitrogens with one attached hydrogen (secondary N) is 2. The van der Waals surface area contributed by atoms with Crippen LogP contribution in [0, 0.1) is 0 Å². The molecule has 0 saturated carbocycles. The Morgan fingerprint density at radius 3 is 2.39 bits per heavy atom. The predicted molar refractivity (Wildman–Crippen MR) is 128 cm³/mol. The van der Waals surface area contributed by atoms with E-state index in [0.717, 1.165) is 4.90 Å². The second kappa shape index (κ2) is 9.36. The van der Waals surface area contributed by atoms with Crippen molar-refractivity contribution in [2.24, 2.45) is 0 Å². The lowest BCUT2D eigenvalue weighted by atomic mass is 10.1. The van der Waals surface area contributed by atoms with Gasteiger partial charge in [0.2, 0.25) is 0 Å². The topological polar surface area (TPSA) is 87.7 Å². The van der Waals surface area contributed by atoms with E-state index in [1.807, 2.05) is 0 Å². The Morgan fingerprint density at radius 2 is 1.64 bits per heavy atom. The number of halogens is 2. The zero-order valence-corrected chi connectivity index (χ0v) is 18.8. The SMILES string of the molecule is COc1ccccc1N1C(=O)C(Cl)=C(Nc2cccc(C(=O)Nc3ccccc3Cl)c2)C1=O. The Labute approximate surface area is 199 Å². The van der Waals surface area contributed by atoms with E-state index in [1.165, 1.54) is 13.2 Å². The maximum atomic E-state index is 13.0. The number of amides is 3. The van der Waals surface area contributed by atoms with Gasteiger partial charge >= 0.3 is 0 Å². The van der Waals surface area contributed by atoms with Crippen LogP contribution < -0.4 is 20.3 Å². The molecular formula is C24H17Cl2N3O4. The highest BCUT2D eigenvalue weighted by molar-refractivity contribution is 6.53. The van der Waals surface area contributed by atoms with Gasteiger partial charge in [0, 0.05) is 11.3 Å². The summed E-state index contributed by atoms with van der Waals surface area (Å²) in [5.74, 6) is -1.36. The van der Waals surface area contributed by atoms with Crippen LogP contribution in [0.4, 0.5) is 17.1 Å². The molecule has 3 amide bonds. The molecule has 7 nitrogen and oxygen atoms in total. The lowest BCUT2D eigenvalue weighted by Crippen LogP contribution is -2.32. The summed E-state index contributed by atoms with van der Waals surface area (Å²) < 4.78 is 5.26. The summed E-state index contributed by atoms with van der Waals surface area (Å²) in [6.45, 7) is 0. The second-order valence-electron chi connectivity index (χ2n) is 6.95. The van der Waals surface area contributed by atoms with Crippen LogP contribution in [-0.2, 0) is 9.59 Å². The molecule has 0 spiro atoms. The molecule has 0 bridgehead atoms. The van der Waals surface area contributed by atoms with Gasteiger partial charge < -0.3 is 15.4 Å². The van der Waals surface area contributed by atoms with Crippen molar-refractivity contribution >= 4 is 58.0 Å². The van der Waals surface area contributed by atoms with Gasteiger partial charge in [-0.3, -0.25) is 14.4 Å². The first kappa shape index (κ1) is 22.4. The van der Waals surface area contributed by atoms with E-state index in [0.29, 0.717) is 27.7 Å². The van der Waals surface area contributed by atoms with Gasteiger partial charge in [0.05, 0.1) is 23.5 Å². The molecule has 1 aliphatic heterocycles. The number of methoxy groups -OCH3 is 1. The summed E-state index contributed by atoms with van der Waals surface area (Å²) in [5.41, 5.74) is 1.36. The van der Waals surface area contributed by atoms with Gasteiger partial charge in [-0.15, -0.1) is 0 Å². The molecule has 0 radical (unpaired) electrons. The lowest BCUT2D eigenvalue weighted by Gasteiger charge is -2.18. The minimum Gasteiger partial charge on any atom is -0.495 e. The zero-order chi connectivity index (χ0) is 23.5. The monoisotopic (exact) mass is 481 g/mol. The Bertz CT molecular complexity index is 1310. The molecule has 3 aromatic rings. The highest BCUT2D eigenvalue weighted by atomic mass is 35.5. The fraction of sp³-hybridized carbons (Fsp3) is 0.0417. The van der Waals surface area contributed by atoms with Crippen LogP contribution in [0.1, 0.15) is 10.4 Å². The van der Waals surface area contributed by atoms with Crippen molar-refractivity contribution < 1.29 is 19.1 Å². The number of rotatable bonds is 6. The Morgan fingerprint density at radius 1 is 0.909 bits per heavy atom. The van der Waals surface area contributed by atoms with Gasteiger partial charge in [-0.1, -0.05) is 53.5 Å². The van der Waals surface area contributed by atoms with Crippen LogP contribution in [-0.4, -0.2) is 24.8 Å². The summed E-state index contributed by atoms with van der Waals surface area (Å²) in [4.78, 5) is 39.4. The molecule has 3 aromatic carbocycles. The van der Waals surface area contributed by atoms with Crippen LogP contribution in [0.15, 0.2) is 83.5 Å². The molecule has 0 atom stereocenters. The molecule has 0 fully saturated rings. The molecule has 1 heterocycles. The van der Waals surface area contributed by atoms with E-state index >= 15 is 0 Å². The van der Waals surface area contributed by atoms with Crippen LogP contribution in [0.25, 0.3) is 0 Å². The maximum Gasteiger partial charge on any atom is 0.283 e. The lowest BCUT2D eigenvalue weighted by molar-refractivity contribution is -0.120. The van der Waals surface area contributed by atoms with E-state index in [4.69, 9.17) is 27.9 Å². The Hall–Kier alpha value is -3.81. The largest absolute Gasteiger partial charge is 0.495 e. The van der Waals surface area contributed by atoms with Crippen molar-refractivity contribution in [2.75, 3.05) is 22.6 Å². The van der Waals surface area contributed by atoms with Gasteiger partial charge in [0.15, 0.2) is 0 Å². The first-order chi connectivity index (χ1) is 15.9. The number of para-hydroxylation sites is 3. The molecule has 9 heteroatoms. The zero-order valence-electron chi connectivity index (χ0n) is 17.3. The molecule has 0 saturated heterocycles. The van der Waals surface area contributed by atoms with Crippen molar-refractivity contribution in [1.82, 2.24) is 0 Å². The number of anilines is 3. The summed E-state index contributed by atoms with van der Waals surface area (Å²) in [6, 6.07) is 19.9. The number of benzene rings is 3. The molecule has 166 valence electrons. The second-order valence-corrected chi connectivity index (χ2v) is 7.73. The third kappa shape index (κ3) is 4.41. The molecule has 0 aromatic heterocycles. The normalized spacial score (nSPS) is 13.4. The number of carbonyl (C=O) groups excluding carboxylic acids is 3. The van der Waals surface area contributed by atoms with E-state index in [-0.39, 0.29) is 16.4 Å². The highest BCUT2D eigenvalue weighted by Gasteiger charge is 2.40. The fourth-order valence-corrected chi connectivity index (χ4v) is 3.68. The van der Waals surface area contributed by atoms with Crippen molar-refractivity contribution in [3.05, 3.63) is 94.1 Å². The van der Waals surface area contributed by atoms with Crippen LogP contribution in [0.5, 0.6) is 5.75 Å². The standard InChI is InChI=1S/C24H17Cl2N3O4/c1-33-19-12-5-4-11-18(19)29-23(31)20(26)21(24(29)32)27-15-8-6-7-14(13-15)22(30)28-17-10-3-2-9-16(17)25/h2-13,27H,1H3,(H,28,30). The third-order valence-corrected chi connectivity index (χ3v) is 5.55. The molecule has 2 N–H and O–H groups in total. The van der Waals surface area contributed by atoms with Crippen LogP contribution >= 0.6 is 23.2 Å². The number of imide groups is 1. The first-order valence-electron chi connectivity index (χ1n) is 9.75. The minimum atomic E-state index is -0.679. The predicted octanol–water partition coefficient (Wildman–Crippen LogP) is 5.04. The molecule has 33 heavy (non-hydrogen) atoms. The molecule has 0 aliphatic carbocycles. The smallest absolute Gasteiger partial charge is 0.283 e. The Kier molecular flexibility index (Phi) is 6.35.